The number of urea groups is 1. The Labute approximate surface area is 300 Å². The van der Waals surface area contributed by atoms with Gasteiger partial charge in [0, 0.05) is 59.9 Å². The maximum absolute atomic E-state index is 14.4. The summed E-state index contributed by atoms with van der Waals surface area (Å²) in [4.78, 5) is 54.5. The predicted molar refractivity (Wildman–Crippen MR) is 183 cm³/mol. The van der Waals surface area contributed by atoms with Crippen LogP contribution in [0.25, 0.3) is 10.9 Å². The molecule has 0 fully saturated rings. The number of H-pyrrole nitrogens is 1. The first-order valence-electron chi connectivity index (χ1n) is 15.6. The molecule has 4 rings (SSSR count). The number of nitrogens with one attached hydrogen (secondary N) is 3. The molecule has 0 saturated carbocycles. The van der Waals surface area contributed by atoms with Crippen LogP contribution >= 0.6 is 11.6 Å². The molecule has 288 valence electrons. The zero-order valence-corrected chi connectivity index (χ0v) is 29.7. The molecular formula is C33H41ClF6N6O6. The van der Waals surface area contributed by atoms with Crippen LogP contribution in [0.5, 0.6) is 0 Å². The summed E-state index contributed by atoms with van der Waals surface area (Å²) in [6.45, 7) is 4.61. The number of para-hydroxylation sites is 1. The van der Waals surface area contributed by atoms with Crippen molar-refractivity contribution in [3.63, 3.8) is 0 Å². The monoisotopic (exact) mass is 766 g/mol. The fourth-order valence-corrected chi connectivity index (χ4v) is 5.56. The van der Waals surface area contributed by atoms with Crippen molar-refractivity contribution in [2.45, 2.75) is 37.7 Å². The van der Waals surface area contributed by atoms with Gasteiger partial charge in [-0.3, -0.25) is 4.79 Å². The Morgan fingerprint density at radius 3 is 2.08 bits per heavy atom. The Morgan fingerprint density at radius 2 is 1.54 bits per heavy atom. The maximum Gasteiger partial charge on any atom is 0.490 e. The van der Waals surface area contributed by atoms with Gasteiger partial charge in [-0.1, -0.05) is 36.7 Å². The Hall–Kier alpha value is -4.55. The van der Waals surface area contributed by atoms with Gasteiger partial charge in [-0.25, -0.2) is 14.4 Å². The van der Waals surface area contributed by atoms with Crippen molar-refractivity contribution in [2.24, 2.45) is 5.92 Å². The molecule has 1 aromatic heterocycles. The molecule has 5 N–H and O–H groups in total. The van der Waals surface area contributed by atoms with Crippen LogP contribution in [0.3, 0.4) is 0 Å². The number of alkyl halides is 6. The standard InChI is InChI=1S/C29H39ClN6O2.2C2HF3O2/c1-19(24-16-32-25-9-7-6-8-23(24)25)27(33-29(38)31-12-13-34(2)3)28(37)36-18-20(17-35(4)5)14-21-15-22(30)10-11-26(21)36;2*3-2(4,5)1(6)7/h6-11,15-16,19-20,27,32H,12-14,17-18H2,1-5H3,(H2,31,33,38);2*(H,6,7)/t19?,20-,27?;;/m1../s1. The second-order valence-corrected chi connectivity index (χ2v) is 12.9. The molecule has 3 aromatic rings. The number of hydrogen-bond acceptors (Lipinski definition) is 6. The average Bonchev–Trinajstić information content (AvgIpc) is 3.46. The first-order chi connectivity index (χ1) is 24.0. The van der Waals surface area contributed by atoms with Gasteiger partial charge in [0.2, 0.25) is 5.91 Å². The van der Waals surface area contributed by atoms with E-state index in [0.29, 0.717) is 24.7 Å². The molecule has 0 saturated heterocycles. The average molecular weight is 767 g/mol. The summed E-state index contributed by atoms with van der Waals surface area (Å²) in [7, 11) is 7.99. The molecule has 52 heavy (non-hydrogen) atoms. The van der Waals surface area contributed by atoms with Crippen molar-refractivity contribution < 1.29 is 55.7 Å². The van der Waals surface area contributed by atoms with E-state index in [0.717, 1.165) is 40.7 Å². The molecule has 3 amide bonds. The number of amides is 3. The third-order valence-corrected chi connectivity index (χ3v) is 7.90. The van der Waals surface area contributed by atoms with Crippen LogP contribution in [0.2, 0.25) is 5.02 Å². The van der Waals surface area contributed by atoms with Crippen molar-refractivity contribution in [1.82, 2.24) is 25.4 Å². The summed E-state index contributed by atoms with van der Waals surface area (Å²) in [5, 5.41) is 21.9. The van der Waals surface area contributed by atoms with E-state index in [9.17, 15) is 35.9 Å². The lowest BCUT2D eigenvalue weighted by atomic mass is 9.88. The van der Waals surface area contributed by atoms with E-state index in [-0.39, 0.29) is 23.8 Å². The lowest BCUT2D eigenvalue weighted by Gasteiger charge is -2.38. The van der Waals surface area contributed by atoms with Crippen LogP contribution in [0.4, 0.5) is 36.8 Å². The fourth-order valence-electron chi connectivity index (χ4n) is 5.36. The number of hydrogen-bond donors (Lipinski definition) is 5. The van der Waals surface area contributed by atoms with Gasteiger partial charge in [-0.05, 0) is 75.9 Å². The highest BCUT2D eigenvalue weighted by Crippen LogP contribution is 2.35. The highest BCUT2D eigenvalue weighted by molar-refractivity contribution is 6.30. The third kappa shape index (κ3) is 13.2. The minimum atomic E-state index is -5.08. The Kier molecular flexibility index (Phi) is 15.8. The van der Waals surface area contributed by atoms with Gasteiger partial charge >= 0.3 is 30.3 Å². The maximum atomic E-state index is 14.4. The van der Waals surface area contributed by atoms with Crippen LogP contribution in [-0.2, 0) is 20.8 Å². The Bertz CT molecular complexity index is 1660. The number of rotatable bonds is 9. The van der Waals surface area contributed by atoms with Crippen molar-refractivity contribution in [1.29, 1.82) is 0 Å². The van der Waals surface area contributed by atoms with Gasteiger partial charge in [0.25, 0.3) is 0 Å². The number of carbonyl (C=O) groups excluding carboxylic acids is 2. The van der Waals surface area contributed by atoms with Gasteiger partial charge in [-0.2, -0.15) is 26.3 Å². The molecular weight excluding hydrogens is 726 g/mol. The molecule has 0 spiro atoms. The molecule has 0 aliphatic carbocycles. The largest absolute Gasteiger partial charge is 0.490 e. The molecule has 2 unspecified atom stereocenters. The normalized spacial score (nSPS) is 15.4. The first kappa shape index (κ1) is 43.6. The minimum absolute atomic E-state index is 0.127. The van der Waals surface area contributed by atoms with E-state index in [1.54, 1.807) is 0 Å². The lowest BCUT2D eigenvalue weighted by molar-refractivity contribution is -0.193. The van der Waals surface area contributed by atoms with Crippen LogP contribution < -0.4 is 15.5 Å². The van der Waals surface area contributed by atoms with Crippen molar-refractivity contribution >= 4 is 52.1 Å². The number of carbonyl (C=O) groups is 4. The van der Waals surface area contributed by atoms with Crippen LogP contribution in [-0.4, -0.2) is 122 Å². The second-order valence-electron chi connectivity index (χ2n) is 12.4. The molecule has 0 bridgehead atoms. The number of likely N-dealkylation sites (N-methyl/N-ethyl adjacent to an activating group) is 1. The number of anilines is 1. The summed E-state index contributed by atoms with van der Waals surface area (Å²) in [5.41, 5.74) is 3.91. The Balaban J connectivity index is 0.000000564. The highest BCUT2D eigenvalue weighted by atomic mass is 35.5. The topological polar surface area (TPSA) is 158 Å². The van der Waals surface area contributed by atoms with Crippen molar-refractivity contribution in [3.05, 3.63) is 64.8 Å². The van der Waals surface area contributed by atoms with Gasteiger partial charge in [0.1, 0.15) is 6.04 Å². The molecule has 12 nitrogen and oxygen atoms in total. The number of aromatic amines is 1. The zero-order chi connectivity index (χ0) is 39.6. The molecule has 3 atom stereocenters. The van der Waals surface area contributed by atoms with E-state index in [1.807, 2.05) is 93.6 Å². The smallest absolute Gasteiger partial charge is 0.475 e. The first-order valence-corrected chi connectivity index (χ1v) is 16.0. The zero-order valence-electron chi connectivity index (χ0n) is 28.9. The SMILES string of the molecule is CC(c1c[nH]c2ccccc12)C(NC(=O)NCCN(C)C)C(=O)N1C[C@@H](CN(C)C)Cc2cc(Cl)ccc21.O=C(O)C(F)(F)F.O=C(O)C(F)(F)F. The van der Waals surface area contributed by atoms with E-state index < -0.39 is 30.3 Å². The molecule has 0 radical (unpaired) electrons. The molecule has 19 heteroatoms. The van der Waals surface area contributed by atoms with Crippen molar-refractivity contribution in [3.8, 4) is 0 Å². The summed E-state index contributed by atoms with van der Waals surface area (Å²) in [6, 6.07) is 12.6. The van der Waals surface area contributed by atoms with Gasteiger partial charge < -0.3 is 40.5 Å². The predicted octanol–water partition coefficient (Wildman–Crippen LogP) is 5.19. The van der Waals surface area contributed by atoms with Gasteiger partial charge in [-0.15, -0.1) is 0 Å². The summed E-state index contributed by atoms with van der Waals surface area (Å²) < 4.78 is 63.5. The van der Waals surface area contributed by atoms with Crippen molar-refractivity contribution in [2.75, 3.05) is 59.3 Å². The Morgan fingerprint density at radius 1 is 0.962 bits per heavy atom. The van der Waals surface area contributed by atoms with E-state index in [1.165, 1.54) is 0 Å². The highest BCUT2D eigenvalue weighted by Gasteiger charge is 2.39. The number of benzene rings is 2. The van der Waals surface area contributed by atoms with E-state index in [4.69, 9.17) is 31.4 Å². The van der Waals surface area contributed by atoms with Crippen LogP contribution in [0, 0.1) is 5.92 Å². The lowest BCUT2D eigenvalue weighted by Crippen LogP contribution is -2.56. The van der Waals surface area contributed by atoms with E-state index >= 15 is 0 Å². The number of aromatic nitrogens is 1. The number of carboxylic acids is 2. The quantitative estimate of drug-likeness (QED) is 0.186. The number of aliphatic carboxylic acids is 2. The number of nitrogens with zero attached hydrogens (tertiary/aromatic N) is 3. The summed E-state index contributed by atoms with van der Waals surface area (Å²) >= 11 is 6.35. The molecule has 1 aliphatic rings. The van der Waals surface area contributed by atoms with Crippen LogP contribution in [0.1, 0.15) is 24.0 Å². The van der Waals surface area contributed by atoms with E-state index in [2.05, 4.69) is 20.5 Å². The number of fused-ring (bicyclic) bond motifs is 2. The molecule has 2 aromatic carbocycles. The van der Waals surface area contributed by atoms with Gasteiger partial charge in [0.05, 0.1) is 0 Å². The molecule has 2 heterocycles. The fraction of sp³-hybridized carbons (Fsp3) is 0.455. The minimum Gasteiger partial charge on any atom is -0.475 e. The second kappa shape index (κ2) is 18.8. The number of halogens is 7. The summed E-state index contributed by atoms with van der Waals surface area (Å²) in [5.74, 6) is -5.67. The number of carboxylic acid groups (broad SMARTS) is 2. The summed E-state index contributed by atoms with van der Waals surface area (Å²) in [6.07, 6.45) is -7.38. The molecule has 1 aliphatic heterocycles. The van der Waals surface area contributed by atoms with Crippen LogP contribution in [0.15, 0.2) is 48.7 Å². The third-order valence-electron chi connectivity index (χ3n) is 7.67. The van der Waals surface area contributed by atoms with Gasteiger partial charge in [0.15, 0.2) is 0 Å².